The molecule has 4 heteroatoms. The SMILES string of the molecule is CNCC(=O)NCc1cccc(COC)c1. The second kappa shape index (κ2) is 6.98. The van der Waals surface area contributed by atoms with Crippen molar-refractivity contribution in [2.45, 2.75) is 13.2 Å². The highest BCUT2D eigenvalue weighted by Crippen LogP contribution is 2.05. The molecule has 0 radical (unpaired) electrons. The van der Waals surface area contributed by atoms with Crippen molar-refractivity contribution in [2.75, 3.05) is 20.7 Å². The number of likely N-dealkylation sites (N-methyl/N-ethyl adjacent to an activating group) is 1. The second-order valence-corrected chi connectivity index (χ2v) is 3.56. The molecule has 0 aliphatic carbocycles. The van der Waals surface area contributed by atoms with Gasteiger partial charge in [0.1, 0.15) is 0 Å². The molecule has 0 heterocycles. The van der Waals surface area contributed by atoms with Gasteiger partial charge in [-0.2, -0.15) is 0 Å². The summed E-state index contributed by atoms with van der Waals surface area (Å²) in [5.41, 5.74) is 2.20. The van der Waals surface area contributed by atoms with Gasteiger partial charge in [0, 0.05) is 13.7 Å². The highest BCUT2D eigenvalue weighted by atomic mass is 16.5. The predicted octanol–water partition coefficient (Wildman–Crippen LogP) is 0.669. The van der Waals surface area contributed by atoms with Crippen molar-refractivity contribution in [1.82, 2.24) is 10.6 Å². The number of hydrogen-bond donors (Lipinski definition) is 2. The summed E-state index contributed by atoms with van der Waals surface area (Å²) in [5, 5.41) is 5.63. The maximum atomic E-state index is 11.2. The fourth-order valence-corrected chi connectivity index (χ4v) is 1.42. The molecule has 0 bridgehead atoms. The van der Waals surface area contributed by atoms with E-state index in [4.69, 9.17) is 4.74 Å². The molecule has 1 rings (SSSR count). The van der Waals surface area contributed by atoms with Crippen LogP contribution in [0.1, 0.15) is 11.1 Å². The number of benzene rings is 1. The van der Waals surface area contributed by atoms with E-state index in [1.807, 2.05) is 24.3 Å². The number of carbonyl (C=O) groups is 1. The first-order valence-corrected chi connectivity index (χ1v) is 5.24. The van der Waals surface area contributed by atoms with Crippen LogP contribution in [-0.2, 0) is 22.7 Å². The van der Waals surface area contributed by atoms with Crippen molar-refractivity contribution in [1.29, 1.82) is 0 Å². The number of rotatable bonds is 6. The first kappa shape index (κ1) is 12.7. The van der Waals surface area contributed by atoms with Crippen LogP contribution in [0.25, 0.3) is 0 Å². The highest BCUT2D eigenvalue weighted by molar-refractivity contribution is 5.77. The molecule has 1 aromatic rings. The minimum Gasteiger partial charge on any atom is -0.380 e. The van der Waals surface area contributed by atoms with E-state index >= 15 is 0 Å². The molecule has 2 N–H and O–H groups in total. The summed E-state index contributed by atoms with van der Waals surface area (Å²) < 4.78 is 5.05. The Kier molecular flexibility index (Phi) is 5.53. The quantitative estimate of drug-likeness (QED) is 0.743. The number of carbonyl (C=O) groups excluding carboxylic acids is 1. The van der Waals surface area contributed by atoms with Crippen LogP contribution < -0.4 is 10.6 Å². The first-order valence-electron chi connectivity index (χ1n) is 5.24. The average molecular weight is 222 g/mol. The number of nitrogens with one attached hydrogen (secondary N) is 2. The summed E-state index contributed by atoms with van der Waals surface area (Å²) in [5.74, 6) is -0.000329. The fraction of sp³-hybridized carbons (Fsp3) is 0.417. The van der Waals surface area contributed by atoms with Gasteiger partial charge < -0.3 is 15.4 Å². The molecular formula is C12H18N2O2. The molecule has 0 spiro atoms. The lowest BCUT2D eigenvalue weighted by Gasteiger charge is -2.06. The van der Waals surface area contributed by atoms with E-state index < -0.39 is 0 Å². The van der Waals surface area contributed by atoms with Crippen LogP contribution in [0.2, 0.25) is 0 Å². The van der Waals surface area contributed by atoms with E-state index in [0.29, 0.717) is 19.7 Å². The zero-order valence-electron chi connectivity index (χ0n) is 9.75. The number of amides is 1. The summed E-state index contributed by atoms with van der Waals surface area (Å²) in [4.78, 5) is 11.2. The summed E-state index contributed by atoms with van der Waals surface area (Å²) in [6.45, 7) is 1.49. The Labute approximate surface area is 96.0 Å². The van der Waals surface area contributed by atoms with Crippen LogP contribution in [0.15, 0.2) is 24.3 Å². The van der Waals surface area contributed by atoms with Gasteiger partial charge in [0.05, 0.1) is 13.2 Å². The molecular weight excluding hydrogens is 204 g/mol. The van der Waals surface area contributed by atoms with Gasteiger partial charge in [-0.1, -0.05) is 24.3 Å². The lowest BCUT2D eigenvalue weighted by Crippen LogP contribution is -2.31. The van der Waals surface area contributed by atoms with E-state index in [2.05, 4.69) is 10.6 Å². The summed E-state index contributed by atoms with van der Waals surface area (Å²) in [6, 6.07) is 7.98. The zero-order chi connectivity index (χ0) is 11.8. The van der Waals surface area contributed by atoms with Crippen molar-refractivity contribution in [3.8, 4) is 0 Å². The van der Waals surface area contributed by atoms with Crippen molar-refractivity contribution >= 4 is 5.91 Å². The average Bonchev–Trinajstić information content (AvgIpc) is 2.28. The van der Waals surface area contributed by atoms with Crippen molar-refractivity contribution < 1.29 is 9.53 Å². The standard InChI is InChI=1S/C12H18N2O2/c1-13-8-12(15)14-7-10-4-3-5-11(6-10)9-16-2/h3-6,13H,7-9H2,1-2H3,(H,14,15). The van der Waals surface area contributed by atoms with Crippen LogP contribution in [0, 0.1) is 0 Å². The lowest BCUT2D eigenvalue weighted by molar-refractivity contribution is -0.120. The van der Waals surface area contributed by atoms with Gasteiger partial charge in [-0.15, -0.1) is 0 Å². The topological polar surface area (TPSA) is 50.4 Å². The van der Waals surface area contributed by atoms with E-state index in [9.17, 15) is 4.79 Å². The van der Waals surface area contributed by atoms with Crippen molar-refractivity contribution in [3.63, 3.8) is 0 Å². The van der Waals surface area contributed by atoms with Gasteiger partial charge in [0.25, 0.3) is 0 Å². The summed E-state index contributed by atoms with van der Waals surface area (Å²) in [6.07, 6.45) is 0. The molecule has 0 aliphatic heterocycles. The molecule has 4 nitrogen and oxygen atoms in total. The Morgan fingerprint density at radius 3 is 2.81 bits per heavy atom. The molecule has 1 aromatic carbocycles. The van der Waals surface area contributed by atoms with Gasteiger partial charge in [0.2, 0.25) is 5.91 Å². The van der Waals surface area contributed by atoms with Crippen LogP contribution >= 0.6 is 0 Å². The Morgan fingerprint density at radius 1 is 1.38 bits per heavy atom. The van der Waals surface area contributed by atoms with E-state index in [1.165, 1.54) is 0 Å². The van der Waals surface area contributed by atoms with Gasteiger partial charge in [-0.05, 0) is 18.2 Å². The molecule has 0 aliphatic rings. The lowest BCUT2D eigenvalue weighted by atomic mass is 10.1. The summed E-state index contributed by atoms with van der Waals surface area (Å²) in [7, 11) is 3.42. The minimum atomic E-state index is -0.000329. The Balaban J connectivity index is 2.47. The van der Waals surface area contributed by atoms with Gasteiger partial charge >= 0.3 is 0 Å². The third kappa shape index (κ3) is 4.42. The van der Waals surface area contributed by atoms with Gasteiger partial charge in [-0.3, -0.25) is 4.79 Å². The summed E-state index contributed by atoms with van der Waals surface area (Å²) >= 11 is 0. The smallest absolute Gasteiger partial charge is 0.234 e. The molecule has 1 amide bonds. The largest absolute Gasteiger partial charge is 0.380 e. The first-order chi connectivity index (χ1) is 7.76. The van der Waals surface area contributed by atoms with Crippen molar-refractivity contribution in [3.05, 3.63) is 35.4 Å². The highest BCUT2D eigenvalue weighted by Gasteiger charge is 2.00. The number of methoxy groups -OCH3 is 1. The Hall–Kier alpha value is -1.39. The van der Waals surface area contributed by atoms with Crippen molar-refractivity contribution in [2.24, 2.45) is 0 Å². The minimum absolute atomic E-state index is 0.000329. The number of hydrogen-bond acceptors (Lipinski definition) is 3. The van der Waals surface area contributed by atoms with Crippen LogP contribution in [0.4, 0.5) is 0 Å². The monoisotopic (exact) mass is 222 g/mol. The predicted molar refractivity (Wildman–Crippen MR) is 62.9 cm³/mol. The van der Waals surface area contributed by atoms with E-state index in [0.717, 1.165) is 11.1 Å². The Bertz CT molecular complexity index is 340. The third-order valence-corrected chi connectivity index (χ3v) is 2.13. The Morgan fingerprint density at radius 2 is 2.12 bits per heavy atom. The molecule has 0 unspecified atom stereocenters. The number of ether oxygens (including phenoxy) is 1. The van der Waals surface area contributed by atoms with E-state index in [-0.39, 0.29) is 5.91 Å². The molecule has 0 fully saturated rings. The van der Waals surface area contributed by atoms with Crippen LogP contribution in [0.5, 0.6) is 0 Å². The molecule has 0 saturated carbocycles. The molecule has 0 saturated heterocycles. The maximum Gasteiger partial charge on any atom is 0.234 e. The van der Waals surface area contributed by atoms with Gasteiger partial charge in [0.15, 0.2) is 0 Å². The van der Waals surface area contributed by atoms with Gasteiger partial charge in [-0.25, -0.2) is 0 Å². The third-order valence-electron chi connectivity index (χ3n) is 2.13. The molecule has 88 valence electrons. The normalized spacial score (nSPS) is 10.1. The molecule has 0 aromatic heterocycles. The fourth-order valence-electron chi connectivity index (χ4n) is 1.42. The maximum absolute atomic E-state index is 11.2. The molecule has 0 atom stereocenters. The second-order valence-electron chi connectivity index (χ2n) is 3.56. The molecule has 16 heavy (non-hydrogen) atoms. The van der Waals surface area contributed by atoms with E-state index in [1.54, 1.807) is 14.2 Å². The van der Waals surface area contributed by atoms with Crippen LogP contribution in [0.3, 0.4) is 0 Å². The van der Waals surface area contributed by atoms with Crippen LogP contribution in [-0.4, -0.2) is 26.6 Å². The zero-order valence-corrected chi connectivity index (χ0v) is 9.75.